The van der Waals surface area contributed by atoms with Crippen molar-refractivity contribution in [2.45, 2.75) is 32.4 Å². The van der Waals surface area contributed by atoms with Gasteiger partial charge in [0.1, 0.15) is 9.79 Å². The van der Waals surface area contributed by atoms with Gasteiger partial charge in [0.2, 0.25) is 55.7 Å². The number of anilines is 10. The summed E-state index contributed by atoms with van der Waals surface area (Å²) in [5.74, 6) is 0.189. The highest BCUT2D eigenvalue weighted by molar-refractivity contribution is 7.89. The first-order valence-corrected chi connectivity index (χ1v) is 27.3. The van der Waals surface area contributed by atoms with Crippen LogP contribution in [0.4, 0.5) is 58.4 Å². The fourth-order valence-corrected chi connectivity index (χ4v) is 8.87. The van der Waals surface area contributed by atoms with Gasteiger partial charge in [-0.1, -0.05) is 24.3 Å². The molecular weight excluding hydrogens is 1020 g/mol. The average molecular weight is 1070 g/mol. The molecule has 72 heavy (non-hydrogen) atoms. The number of sulfonamides is 2. The fraction of sp³-hybridized carbons (Fsp3) is 0.238. The summed E-state index contributed by atoms with van der Waals surface area (Å²) in [6, 6.07) is 18.7. The zero-order valence-electron chi connectivity index (χ0n) is 39.0. The van der Waals surface area contributed by atoms with Crippen molar-refractivity contribution in [3.05, 3.63) is 96.1 Å². The molecule has 0 aliphatic heterocycles. The predicted octanol–water partition coefficient (Wildman–Crippen LogP) is 3.72. The second kappa shape index (κ2) is 23.0. The quantitative estimate of drug-likeness (QED) is 0.0234. The summed E-state index contributed by atoms with van der Waals surface area (Å²) in [5.41, 5.74) is 0.855. The Labute approximate surface area is 416 Å². The first kappa shape index (κ1) is 54.3. The van der Waals surface area contributed by atoms with E-state index in [1.165, 1.54) is 84.9 Å². The third kappa shape index (κ3) is 16.3. The van der Waals surface area contributed by atoms with Crippen LogP contribution >= 0.6 is 0 Å². The molecule has 0 saturated carbocycles. The van der Waals surface area contributed by atoms with Crippen LogP contribution < -0.4 is 42.2 Å². The van der Waals surface area contributed by atoms with Gasteiger partial charge in [0, 0.05) is 35.8 Å². The number of primary sulfonamides is 2. The third-order valence-electron chi connectivity index (χ3n) is 9.82. The lowest BCUT2D eigenvalue weighted by Crippen LogP contribution is -2.17. The maximum Gasteiger partial charge on any atom is 0.295 e. The topological polar surface area (TPSA) is 385 Å². The highest BCUT2D eigenvalue weighted by Gasteiger charge is 2.20. The first-order chi connectivity index (χ1) is 33.8. The maximum absolute atomic E-state index is 12.8. The average Bonchev–Trinajstić information content (AvgIpc) is 3.28. The standard InChI is InChI=1S/C42H52N16O10S4/c1-57(2)23-5-21-45-37-51-39(47-29-13-17-33(18-14-29)69(43,59)60)55-41(53-37)49-31-11-9-27(35(25-31)71(63,64)65)7-8-28-10-12-32(26-36(28)72(66,67)68)50-42-54-38(46-22-6-24-58(3)4)52-40(56-42)48-30-15-19-34(20-16-30)70(44,61)62/h7-20,25-26H,5-6,21-24H2,1-4H3,(H2,43,59,60)(H2,44,61,62)(H,63,64,65)(H,66,67,68)(H3,45,47,49,51,53,55)(H3,46,48,50,52,54,56)/b8-7+. The summed E-state index contributed by atoms with van der Waals surface area (Å²) < 4.78 is 119. The van der Waals surface area contributed by atoms with Crippen molar-refractivity contribution in [3.63, 3.8) is 0 Å². The summed E-state index contributed by atoms with van der Waals surface area (Å²) >= 11 is 0. The van der Waals surface area contributed by atoms with Crippen molar-refractivity contribution < 1.29 is 42.8 Å². The van der Waals surface area contributed by atoms with Crippen LogP contribution in [0.3, 0.4) is 0 Å². The molecule has 0 fully saturated rings. The molecule has 0 atom stereocenters. The van der Waals surface area contributed by atoms with E-state index in [1.807, 2.05) is 38.0 Å². The van der Waals surface area contributed by atoms with Gasteiger partial charge in [-0.15, -0.1) is 0 Å². The van der Waals surface area contributed by atoms with Crippen LogP contribution in [0.25, 0.3) is 12.2 Å². The van der Waals surface area contributed by atoms with Crippen LogP contribution in [0.15, 0.2) is 105 Å². The van der Waals surface area contributed by atoms with E-state index in [0.29, 0.717) is 24.5 Å². The monoisotopic (exact) mass is 1070 g/mol. The van der Waals surface area contributed by atoms with E-state index in [-0.39, 0.29) is 68.0 Å². The molecule has 0 bridgehead atoms. The summed E-state index contributed by atoms with van der Waals surface area (Å²) in [4.78, 5) is 28.9. The Balaban J connectivity index is 1.26. The van der Waals surface area contributed by atoms with Crippen LogP contribution in [-0.2, 0) is 40.3 Å². The van der Waals surface area contributed by atoms with E-state index in [9.17, 15) is 42.8 Å². The minimum absolute atomic E-state index is 0.0204. The molecule has 384 valence electrons. The van der Waals surface area contributed by atoms with Gasteiger partial charge in [0.15, 0.2) is 0 Å². The molecule has 6 aromatic rings. The van der Waals surface area contributed by atoms with Crippen molar-refractivity contribution >= 4 is 111 Å². The SMILES string of the molecule is CN(C)CCCNc1nc(Nc2ccc(S(N)(=O)=O)cc2)nc(Nc2ccc(/C=C/c3ccc(Nc4nc(NCCCN(C)C)nc(Nc5ccc(S(N)(=O)=O)cc5)n4)cc3S(=O)(=O)O)c(S(=O)(=O)O)c2)n1. The van der Waals surface area contributed by atoms with E-state index in [2.05, 4.69) is 61.8 Å². The van der Waals surface area contributed by atoms with Crippen molar-refractivity contribution in [1.82, 2.24) is 39.7 Å². The Morgan fingerprint density at radius 3 is 1.04 bits per heavy atom. The Bertz CT molecular complexity index is 3160. The highest BCUT2D eigenvalue weighted by atomic mass is 32.2. The molecule has 0 spiro atoms. The summed E-state index contributed by atoms with van der Waals surface area (Å²) in [7, 11) is -10.1. The fourth-order valence-electron chi connectivity index (χ4n) is 6.42. The lowest BCUT2D eigenvalue weighted by molar-refractivity contribution is 0.405. The Kier molecular flexibility index (Phi) is 17.4. The lowest BCUT2D eigenvalue weighted by Gasteiger charge is -2.14. The van der Waals surface area contributed by atoms with Gasteiger partial charge in [0.05, 0.1) is 9.79 Å². The third-order valence-corrected chi connectivity index (χ3v) is 13.5. The van der Waals surface area contributed by atoms with Crippen molar-refractivity contribution in [3.8, 4) is 0 Å². The molecule has 0 amide bonds. The maximum atomic E-state index is 12.8. The van der Waals surface area contributed by atoms with Crippen LogP contribution in [0.5, 0.6) is 0 Å². The van der Waals surface area contributed by atoms with Crippen molar-refractivity contribution in [2.75, 3.05) is 86.3 Å². The molecular formula is C42H52N16O10S4. The number of rotatable bonds is 24. The van der Waals surface area contributed by atoms with E-state index < -0.39 is 50.1 Å². The summed E-state index contributed by atoms with van der Waals surface area (Å²) in [6.07, 6.45) is 3.89. The molecule has 6 rings (SSSR count). The predicted molar refractivity (Wildman–Crippen MR) is 273 cm³/mol. The van der Waals surface area contributed by atoms with Crippen LogP contribution in [0.2, 0.25) is 0 Å². The normalized spacial score (nSPS) is 12.3. The molecule has 2 aromatic heterocycles. The number of nitrogens with two attached hydrogens (primary N) is 2. The zero-order valence-corrected chi connectivity index (χ0v) is 42.3. The molecule has 26 nitrogen and oxygen atoms in total. The van der Waals surface area contributed by atoms with E-state index in [4.69, 9.17) is 10.3 Å². The van der Waals surface area contributed by atoms with E-state index >= 15 is 0 Å². The van der Waals surface area contributed by atoms with E-state index in [0.717, 1.165) is 38.1 Å². The zero-order chi connectivity index (χ0) is 52.4. The molecule has 0 aliphatic carbocycles. The second-order valence-corrected chi connectivity index (χ2v) is 22.1. The second-order valence-electron chi connectivity index (χ2n) is 16.2. The largest absolute Gasteiger partial charge is 0.354 e. The molecule has 0 unspecified atom stereocenters. The lowest BCUT2D eigenvalue weighted by atomic mass is 10.1. The van der Waals surface area contributed by atoms with Gasteiger partial charge in [-0.05, 0) is 138 Å². The number of nitrogens with one attached hydrogen (secondary N) is 6. The van der Waals surface area contributed by atoms with Gasteiger partial charge < -0.3 is 41.7 Å². The molecule has 0 aliphatic rings. The molecule has 0 radical (unpaired) electrons. The van der Waals surface area contributed by atoms with Gasteiger partial charge >= 0.3 is 0 Å². The summed E-state index contributed by atoms with van der Waals surface area (Å²) in [5, 5.41) is 28.4. The Morgan fingerprint density at radius 1 is 0.458 bits per heavy atom. The van der Waals surface area contributed by atoms with E-state index in [1.54, 1.807) is 0 Å². The molecule has 2 heterocycles. The van der Waals surface area contributed by atoms with Crippen LogP contribution in [-0.4, -0.2) is 137 Å². The highest BCUT2D eigenvalue weighted by Crippen LogP contribution is 2.29. The van der Waals surface area contributed by atoms with Gasteiger partial charge in [-0.3, -0.25) is 9.11 Å². The number of nitrogens with zero attached hydrogens (tertiary/aromatic N) is 8. The van der Waals surface area contributed by atoms with Crippen molar-refractivity contribution in [1.29, 1.82) is 0 Å². The smallest absolute Gasteiger partial charge is 0.295 e. The van der Waals surface area contributed by atoms with Crippen LogP contribution in [0, 0.1) is 0 Å². The number of benzene rings is 4. The van der Waals surface area contributed by atoms with Gasteiger partial charge in [-0.25, -0.2) is 27.1 Å². The first-order valence-electron chi connectivity index (χ1n) is 21.3. The minimum Gasteiger partial charge on any atom is -0.354 e. The molecule has 30 heteroatoms. The van der Waals surface area contributed by atoms with Crippen LogP contribution in [0.1, 0.15) is 24.0 Å². The minimum atomic E-state index is -4.94. The van der Waals surface area contributed by atoms with Crippen molar-refractivity contribution in [2.24, 2.45) is 10.3 Å². The molecule has 4 aromatic carbocycles. The summed E-state index contributed by atoms with van der Waals surface area (Å²) in [6.45, 7) is 2.46. The Morgan fingerprint density at radius 2 is 0.750 bits per heavy atom. The van der Waals surface area contributed by atoms with Gasteiger partial charge in [0.25, 0.3) is 20.2 Å². The molecule has 0 saturated heterocycles. The van der Waals surface area contributed by atoms with Gasteiger partial charge in [-0.2, -0.15) is 46.7 Å². The number of hydrogen-bond donors (Lipinski definition) is 10. The Hall–Kier alpha value is -7.00. The molecule has 12 N–H and O–H groups in total. The number of aromatic nitrogens is 6. The number of hydrogen-bond acceptors (Lipinski definition) is 22.